The van der Waals surface area contributed by atoms with Gasteiger partial charge in [-0.25, -0.2) is 4.98 Å². The van der Waals surface area contributed by atoms with E-state index < -0.39 is 0 Å². The molecule has 1 rings (SSSR count). The lowest BCUT2D eigenvalue weighted by Crippen LogP contribution is -2.30. The monoisotopic (exact) mass is 251 g/mol. The Bertz CT molecular complexity index is 319. The average Bonchev–Trinajstić information content (AvgIpc) is 2.79. The Morgan fingerprint density at radius 3 is 2.61 bits per heavy atom. The van der Waals surface area contributed by atoms with Gasteiger partial charge in [0.25, 0.3) is 0 Å². The number of imidazole rings is 1. The number of hydrogen-bond donors (Lipinski definition) is 1. The third-order valence-corrected chi connectivity index (χ3v) is 3.42. The van der Waals surface area contributed by atoms with E-state index in [0.717, 1.165) is 19.5 Å². The molecule has 104 valence electrons. The third-order valence-electron chi connectivity index (χ3n) is 3.42. The summed E-state index contributed by atoms with van der Waals surface area (Å²) >= 11 is 0. The van der Waals surface area contributed by atoms with Crippen LogP contribution in [0.25, 0.3) is 0 Å². The molecule has 0 aromatic carbocycles. The topological polar surface area (TPSA) is 29.9 Å². The summed E-state index contributed by atoms with van der Waals surface area (Å²) in [7, 11) is 0. The van der Waals surface area contributed by atoms with Gasteiger partial charge in [0, 0.05) is 18.9 Å². The standard InChI is InChI=1S/C15H29N3/c1-5-8-13(4)14(16-9-6-2)15-17-10-12-18(15)11-7-3/h10,12-14,16H,5-9,11H2,1-4H3. The van der Waals surface area contributed by atoms with E-state index in [2.05, 4.69) is 48.8 Å². The van der Waals surface area contributed by atoms with Crippen LogP contribution >= 0.6 is 0 Å². The van der Waals surface area contributed by atoms with E-state index in [1.807, 2.05) is 6.20 Å². The molecule has 0 radical (unpaired) electrons. The van der Waals surface area contributed by atoms with Gasteiger partial charge in [-0.05, 0) is 31.7 Å². The van der Waals surface area contributed by atoms with Crippen LogP contribution in [-0.2, 0) is 6.54 Å². The van der Waals surface area contributed by atoms with Gasteiger partial charge in [-0.1, -0.05) is 34.1 Å². The summed E-state index contributed by atoms with van der Waals surface area (Å²) in [5.41, 5.74) is 0. The molecular weight excluding hydrogens is 222 g/mol. The molecule has 0 aliphatic rings. The van der Waals surface area contributed by atoms with E-state index >= 15 is 0 Å². The van der Waals surface area contributed by atoms with Crippen molar-refractivity contribution in [3.63, 3.8) is 0 Å². The Morgan fingerprint density at radius 1 is 1.22 bits per heavy atom. The zero-order valence-electron chi connectivity index (χ0n) is 12.4. The number of nitrogens with zero attached hydrogens (tertiary/aromatic N) is 2. The molecule has 1 aromatic heterocycles. The smallest absolute Gasteiger partial charge is 0.126 e. The molecule has 1 heterocycles. The highest BCUT2D eigenvalue weighted by Gasteiger charge is 2.22. The number of aryl methyl sites for hydroxylation is 1. The maximum Gasteiger partial charge on any atom is 0.126 e. The van der Waals surface area contributed by atoms with Crippen molar-refractivity contribution in [3.8, 4) is 0 Å². The molecule has 18 heavy (non-hydrogen) atoms. The van der Waals surface area contributed by atoms with Crippen molar-refractivity contribution >= 4 is 0 Å². The summed E-state index contributed by atoms with van der Waals surface area (Å²) < 4.78 is 2.31. The van der Waals surface area contributed by atoms with E-state index in [0.29, 0.717) is 12.0 Å². The van der Waals surface area contributed by atoms with Gasteiger partial charge < -0.3 is 9.88 Å². The van der Waals surface area contributed by atoms with E-state index in [-0.39, 0.29) is 0 Å². The molecule has 0 amide bonds. The average molecular weight is 251 g/mol. The van der Waals surface area contributed by atoms with Gasteiger partial charge in [0.1, 0.15) is 5.82 Å². The van der Waals surface area contributed by atoms with Crippen LogP contribution in [0, 0.1) is 5.92 Å². The summed E-state index contributed by atoms with van der Waals surface area (Å²) in [5, 5.41) is 3.67. The first kappa shape index (κ1) is 15.2. The third kappa shape index (κ3) is 4.13. The van der Waals surface area contributed by atoms with Gasteiger partial charge >= 0.3 is 0 Å². The van der Waals surface area contributed by atoms with Gasteiger partial charge in [-0.15, -0.1) is 0 Å². The Morgan fingerprint density at radius 2 is 2.00 bits per heavy atom. The SMILES string of the molecule is CCCNC(c1nccn1CCC)C(C)CCC. The van der Waals surface area contributed by atoms with Crippen molar-refractivity contribution in [2.75, 3.05) is 6.54 Å². The summed E-state index contributed by atoms with van der Waals surface area (Å²) in [5.74, 6) is 1.85. The largest absolute Gasteiger partial charge is 0.334 e. The molecule has 0 aliphatic heterocycles. The normalized spacial score (nSPS) is 14.7. The van der Waals surface area contributed by atoms with Crippen LogP contribution in [0.4, 0.5) is 0 Å². The summed E-state index contributed by atoms with van der Waals surface area (Å²) in [6.45, 7) is 11.2. The van der Waals surface area contributed by atoms with Crippen LogP contribution < -0.4 is 5.32 Å². The maximum atomic E-state index is 4.59. The molecule has 2 atom stereocenters. The first-order chi connectivity index (χ1) is 8.74. The molecule has 0 bridgehead atoms. The predicted octanol–water partition coefficient (Wildman–Crippen LogP) is 3.77. The molecule has 3 nitrogen and oxygen atoms in total. The fraction of sp³-hybridized carbons (Fsp3) is 0.800. The Labute approximate surface area is 112 Å². The van der Waals surface area contributed by atoms with Crippen LogP contribution in [0.5, 0.6) is 0 Å². The fourth-order valence-electron chi connectivity index (χ4n) is 2.50. The van der Waals surface area contributed by atoms with Crippen molar-refractivity contribution in [2.24, 2.45) is 5.92 Å². The number of rotatable bonds is 9. The second kappa shape index (κ2) is 8.30. The Kier molecular flexibility index (Phi) is 7.02. The summed E-state index contributed by atoms with van der Waals surface area (Å²) in [6.07, 6.45) is 8.86. The van der Waals surface area contributed by atoms with Gasteiger partial charge in [-0.3, -0.25) is 0 Å². The molecule has 0 saturated heterocycles. The minimum absolute atomic E-state index is 0.395. The zero-order chi connectivity index (χ0) is 13.4. The van der Waals surface area contributed by atoms with E-state index in [1.54, 1.807) is 0 Å². The van der Waals surface area contributed by atoms with Crippen molar-refractivity contribution in [1.82, 2.24) is 14.9 Å². The van der Waals surface area contributed by atoms with Crippen LogP contribution in [0.15, 0.2) is 12.4 Å². The van der Waals surface area contributed by atoms with Crippen molar-refractivity contribution in [1.29, 1.82) is 0 Å². The molecular formula is C15H29N3. The Hall–Kier alpha value is -0.830. The number of hydrogen-bond acceptors (Lipinski definition) is 2. The van der Waals surface area contributed by atoms with E-state index in [1.165, 1.54) is 25.1 Å². The highest BCUT2D eigenvalue weighted by atomic mass is 15.1. The first-order valence-corrected chi connectivity index (χ1v) is 7.48. The predicted molar refractivity (Wildman–Crippen MR) is 77.6 cm³/mol. The van der Waals surface area contributed by atoms with Crippen molar-refractivity contribution in [2.45, 2.75) is 66.0 Å². The van der Waals surface area contributed by atoms with Crippen LogP contribution in [0.3, 0.4) is 0 Å². The molecule has 1 aromatic rings. The Balaban J connectivity index is 2.82. The first-order valence-electron chi connectivity index (χ1n) is 7.48. The van der Waals surface area contributed by atoms with E-state index in [9.17, 15) is 0 Å². The van der Waals surface area contributed by atoms with Crippen LogP contribution in [0.1, 0.15) is 65.2 Å². The zero-order valence-corrected chi connectivity index (χ0v) is 12.4. The lowest BCUT2D eigenvalue weighted by Gasteiger charge is -2.25. The highest BCUT2D eigenvalue weighted by molar-refractivity contribution is 5.01. The minimum Gasteiger partial charge on any atom is -0.334 e. The summed E-state index contributed by atoms with van der Waals surface area (Å²) in [6, 6.07) is 0.395. The molecule has 0 fully saturated rings. The number of aromatic nitrogens is 2. The molecule has 0 aliphatic carbocycles. The summed E-state index contributed by atoms with van der Waals surface area (Å²) in [4.78, 5) is 4.59. The lowest BCUT2D eigenvalue weighted by molar-refractivity contribution is 0.339. The van der Waals surface area contributed by atoms with Gasteiger partial charge in [-0.2, -0.15) is 0 Å². The highest BCUT2D eigenvalue weighted by Crippen LogP contribution is 2.24. The molecule has 0 saturated carbocycles. The number of nitrogens with one attached hydrogen (secondary N) is 1. The fourth-order valence-corrected chi connectivity index (χ4v) is 2.50. The molecule has 3 heteroatoms. The lowest BCUT2D eigenvalue weighted by atomic mass is 9.96. The maximum absolute atomic E-state index is 4.59. The molecule has 0 spiro atoms. The molecule has 2 unspecified atom stereocenters. The van der Waals surface area contributed by atoms with Crippen LogP contribution in [-0.4, -0.2) is 16.1 Å². The van der Waals surface area contributed by atoms with Gasteiger partial charge in [0.05, 0.1) is 6.04 Å². The van der Waals surface area contributed by atoms with Gasteiger partial charge in [0.2, 0.25) is 0 Å². The quantitative estimate of drug-likeness (QED) is 0.724. The van der Waals surface area contributed by atoms with Crippen LogP contribution in [0.2, 0.25) is 0 Å². The van der Waals surface area contributed by atoms with Crippen molar-refractivity contribution in [3.05, 3.63) is 18.2 Å². The second-order valence-corrected chi connectivity index (χ2v) is 5.18. The van der Waals surface area contributed by atoms with Crippen molar-refractivity contribution < 1.29 is 0 Å². The molecule has 1 N–H and O–H groups in total. The minimum atomic E-state index is 0.395. The van der Waals surface area contributed by atoms with E-state index in [4.69, 9.17) is 0 Å². The van der Waals surface area contributed by atoms with Gasteiger partial charge in [0.15, 0.2) is 0 Å². The second-order valence-electron chi connectivity index (χ2n) is 5.18.